The summed E-state index contributed by atoms with van der Waals surface area (Å²) in [7, 11) is 0.433. The second-order valence-corrected chi connectivity index (χ2v) is 9.18. The first-order valence-corrected chi connectivity index (χ1v) is 11.8. The highest BCUT2D eigenvalue weighted by Gasteiger charge is 2.18. The SMILES string of the molecule is COc1ccc([C@@H](Cc2ccccc2S(=O)c2ccc(C)cc2)Nc2ccccc2)cc1. The van der Waals surface area contributed by atoms with Crippen LogP contribution in [-0.2, 0) is 17.2 Å². The highest BCUT2D eigenvalue weighted by atomic mass is 32.2. The van der Waals surface area contributed by atoms with Gasteiger partial charge in [-0.25, -0.2) is 4.21 Å². The first-order valence-electron chi connectivity index (χ1n) is 10.7. The fraction of sp³-hybridized carbons (Fsp3) is 0.143. The van der Waals surface area contributed by atoms with Gasteiger partial charge in [0.15, 0.2) is 0 Å². The third-order valence-corrected chi connectivity index (χ3v) is 6.96. The normalized spacial score (nSPS) is 12.7. The number of hydrogen-bond acceptors (Lipinski definition) is 3. The van der Waals surface area contributed by atoms with Crippen molar-refractivity contribution in [1.29, 1.82) is 0 Å². The molecule has 4 heteroatoms. The van der Waals surface area contributed by atoms with Crippen molar-refractivity contribution in [3.8, 4) is 5.75 Å². The van der Waals surface area contributed by atoms with Crippen LogP contribution in [0.15, 0.2) is 113 Å². The number of hydrogen-bond donors (Lipinski definition) is 1. The van der Waals surface area contributed by atoms with Crippen LogP contribution in [0.25, 0.3) is 0 Å². The summed E-state index contributed by atoms with van der Waals surface area (Å²) < 4.78 is 18.7. The highest BCUT2D eigenvalue weighted by Crippen LogP contribution is 2.29. The Morgan fingerprint density at radius 2 is 1.47 bits per heavy atom. The van der Waals surface area contributed by atoms with Gasteiger partial charge in [-0.05, 0) is 66.9 Å². The highest BCUT2D eigenvalue weighted by molar-refractivity contribution is 7.85. The molecule has 0 amide bonds. The number of benzene rings is 4. The number of methoxy groups -OCH3 is 1. The minimum Gasteiger partial charge on any atom is -0.497 e. The smallest absolute Gasteiger partial charge is 0.118 e. The van der Waals surface area contributed by atoms with E-state index in [2.05, 4.69) is 35.6 Å². The molecule has 32 heavy (non-hydrogen) atoms. The van der Waals surface area contributed by atoms with E-state index in [1.54, 1.807) is 7.11 Å². The Kier molecular flexibility index (Phi) is 7.03. The van der Waals surface area contributed by atoms with E-state index in [1.807, 2.05) is 79.7 Å². The molecule has 162 valence electrons. The molecule has 0 aliphatic carbocycles. The zero-order valence-corrected chi connectivity index (χ0v) is 19.1. The van der Waals surface area contributed by atoms with E-state index in [0.717, 1.165) is 37.9 Å². The molecule has 4 aromatic carbocycles. The lowest BCUT2D eigenvalue weighted by molar-refractivity contribution is 0.414. The first-order chi connectivity index (χ1) is 15.6. The van der Waals surface area contributed by atoms with Gasteiger partial charge in [0.1, 0.15) is 5.75 Å². The lowest BCUT2D eigenvalue weighted by Gasteiger charge is -2.22. The van der Waals surface area contributed by atoms with Gasteiger partial charge in [-0.2, -0.15) is 0 Å². The van der Waals surface area contributed by atoms with Gasteiger partial charge >= 0.3 is 0 Å². The number of rotatable bonds is 8. The summed E-state index contributed by atoms with van der Waals surface area (Å²) in [5.74, 6) is 0.827. The maximum absolute atomic E-state index is 13.4. The van der Waals surface area contributed by atoms with Crippen LogP contribution in [0.1, 0.15) is 22.7 Å². The van der Waals surface area contributed by atoms with Crippen LogP contribution in [0.4, 0.5) is 5.69 Å². The van der Waals surface area contributed by atoms with Crippen molar-refractivity contribution in [2.45, 2.75) is 29.2 Å². The molecule has 2 atom stereocenters. The van der Waals surface area contributed by atoms with Crippen molar-refractivity contribution in [2.75, 3.05) is 12.4 Å². The van der Waals surface area contributed by atoms with Crippen LogP contribution in [-0.4, -0.2) is 11.3 Å². The molecule has 0 heterocycles. The number of para-hydroxylation sites is 1. The molecule has 0 aliphatic heterocycles. The van der Waals surface area contributed by atoms with Gasteiger partial charge in [0.05, 0.1) is 24.0 Å². The van der Waals surface area contributed by atoms with Gasteiger partial charge in [0, 0.05) is 15.5 Å². The Morgan fingerprint density at radius 3 is 2.16 bits per heavy atom. The molecular weight excluding hydrogens is 414 g/mol. The molecule has 4 aromatic rings. The van der Waals surface area contributed by atoms with E-state index in [0.29, 0.717) is 6.42 Å². The zero-order valence-electron chi connectivity index (χ0n) is 18.3. The number of ether oxygens (including phenoxy) is 1. The Labute approximate surface area is 192 Å². The monoisotopic (exact) mass is 441 g/mol. The minimum absolute atomic E-state index is 0.0134. The Hall–Kier alpha value is -3.37. The molecule has 1 N–H and O–H groups in total. The van der Waals surface area contributed by atoms with Crippen LogP contribution >= 0.6 is 0 Å². The standard InChI is InChI=1S/C28H27NO2S/c1-21-12-18-26(19-13-21)32(30)28-11-7-6-8-23(28)20-27(29-24-9-4-3-5-10-24)22-14-16-25(31-2)17-15-22/h3-19,27,29H,20H2,1-2H3/t27-,32?/m1/s1. The van der Waals surface area contributed by atoms with Gasteiger partial charge in [0.2, 0.25) is 0 Å². The lowest BCUT2D eigenvalue weighted by atomic mass is 9.98. The molecule has 1 unspecified atom stereocenters. The van der Waals surface area contributed by atoms with Crippen molar-refractivity contribution in [1.82, 2.24) is 0 Å². The third kappa shape index (κ3) is 5.27. The summed E-state index contributed by atoms with van der Waals surface area (Å²) in [6.45, 7) is 2.04. The molecule has 0 radical (unpaired) electrons. The van der Waals surface area contributed by atoms with Crippen LogP contribution in [0.2, 0.25) is 0 Å². The summed E-state index contributed by atoms with van der Waals surface area (Å²) >= 11 is 0. The Bertz CT molecular complexity index is 1170. The van der Waals surface area contributed by atoms with E-state index in [9.17, 15) is 4.21 Å². The van der Waals surface area contributed by atoms with Crippen LogP contribution < -0.4 is 10.1 Å². The summed E-state index contributed by atoms with van der Waals surface area (Å²) in [6.07, 6.45) is 0.703. The number of aryl methyl sites for hydroxylation is 1. The average molecular weight is 442 g/mol. The van der Waals surface area contributed by atoms with Crippen molar-refractivity contribution in [2.24, 2.45) is 0 Å². The Balaban J connectivity index is 1.67. The van der Waals surface area contributed by atoms with Crippen LogP contribution in [0.5, 0.6) is 5.75 Å². The van der Waals surface area contributed by atoms with E-state index in [1.165, 1.54) is 0 Å². The van der Waals surface area contributed by atoms with E-state index in [4.69, 9.17) is 4.74 Å². The summed E-state index contributed by atoms with van der Waals surface area (Å²) in [5.41, 5.74) is 4.41. The average Bonchev–Trinajstić information content (AvgIpc) is 2.85. The van der Waals surface area contributed by atoms with Gasteiger partial charge in [-0.15, -0.1) is 0 Å². The third-order valence-electron chi connectivity index (χ3n) is 5.46. The molecule has 0 aliphatic rings. The van der Waals surface area contributed by atoms with Gasteiger partial charge in [-0.1, -0.05) is 66.2 Å². The zero-order chi connectivity index (χ0) is 22.3. The fourth-order valence-electron chi connectivity index (χ4n) is 3.69. The Morgan fingerprint density at radius 1 is 0.812 bits per heavy atom. The van der Waals surface area contributed by atoms with Crippen LogP contribution in [0.3, 0.4) is 0 Å². The molecule has 0 spiro atoms. The van der Waals surface area contributed by atoms with E-state index in [-0.39, 0.29) is 6.04 Å². The van der Waals surface area contributed by atoms with Gasteiger partial charge in [-0.3, -0.25) is 0 Å². The maximum Gasteiger partial charge on any atom is 0.118 e. The largest absolute Gasteiger partial charge is 0.497 e. The molecule has 4 rings (SSSR count). The topological polar surface area (TPSA) is 38.3 Å². The summed E-state index contributed by atoms with van der Waals surface area (Å²) in [5, 5.41) is 3.65. The predicted octanol–water partition coefficient (Wildman–Crippen LogP) is 6.57. The summed E-state index contributed by atoms with van der Waals surface area (Å²) in [6, 6.07) is 34.2. The second kappa shape index (κ2) is 10.3. The molecule has 0 saturated heterocycles. The molecular formula is C28H27NO2S. The first kappa shape index (κ1) is 21.8. The molecule has 3 nitrogen and oxygen atoms in total. The molecule has 0 aromatic heterocycles. The number of nitrogens with one attached hydrogen (secondary N) is 1. The molecule has 0 saturated carbocycles. The van der Waals surface area contributed by atoms with Crippen molar-refractivity contribution < 1.29 is 8.95 Å². The molecule has 0 fully saturated rings. The molecule has 0 bridgehead atoms. The maximum atomic E-state index is 13.4. The predicted molar refractivity (Wildman–Crippen MR) is 132 cm³/mol. The van der Waals surface area contributed by atoms with E-state index < -0.39 is 10.8 Å². The number of anilines is 1. The van der Waals surface area contributed by atoms with E-state index >= 15 is 0 Å². The van der Waals surface area contributed by atoms with Crippen LogP contribution in [0, 0.1) is 6.92 Å². The van der Waals surface area contributed by atoms with Crippen molar-refractivity contribution >= 4 is 16.5 Å². The van der Waals surface area contributed by atoms with Crippen molar-refractivity contribution in [3.63, 3.8) is 0 Å². The second-order valence-electron chi connectivity index (χ2n) is 7.73. The lowest BCUT2D eigenvalue weighted by Crippen LogP contribution is -2.15. The quantitative estimate of drug-likeness (QED) is 0.336. The fourth-order valence-corrected chi connectivity index (χ4v) is 4.91. The van der Waals surface area contributed by atoms with Crippen molar-refractivity contribution in [3.05, 3.63) is 120 Å². The summed E-state index contributed by atoms with van der Waals surface area (Å²) in [4.78, 5) is 1.67. The van der Waals surface area contributed by atoms with Gasteiger partial charge in [0.25, 0.3) is 0 Å². The minimum atomic E-state index is -1.24. The van der Waals surface area contributed by atoms with Gasteiger partial charge < -0.3 is 10.1 Å².